The lowest BCUT2D eigenvalue weighted by Crippen LogP contribution is -2.45. The molecule has 1 aromatic carbocycles. The zero-order valence-corrected chi connectivity index (χ0v) is 16.0. The Morgan fingerprint density at radius 3 is 2.78 bits per heavy atom. The van der Waals surface area contributed by atoms with Gasteiger partial charge < -0.3 is 19.1 Å². The molecule has 0 N–H and O–H groups in total. The number of hydrogen-bond donors (Lipinski definition) is 0. The molecule has 2 aliphatic heterocycles. The van der Waals surface area contributed by atoms with Crippen LogP contribution in [0.2, 0.25) is 0 Å². The molecule has 0 radical (unpaired) electrons. The molecular weight excluding hydrogens is 344 g/mol. The first-order chi connectivity index (χ1) is 13.3. The lowest BCUT2D eigenvalue weighted by atomic mass is 10.1. The van der Waals surface area contributed by atoms with Gasteiger partial charge in [-0.05, 0) is 19.2 Å². The average molecular weight is 372 g/mol. The van der Waals surface area contributed by atoms with E-state index in [2.05, 4.69) is 26.8 Å². The molecule has 3 heterocycles. The lowest BCUT2D eigenvalue weighted by Gasteiger charge is -2.32. The zero-order valence-electron chi connectivity index (χ0n) is 16.0. The van der Waals surface area contributed by atoms with Crippen molar-refractivity contribution >= 4 is 10.9 Å². The molecule has 2 saturated heterocycles. The van der Waals surface area contributed by atoms with Crippen LogP contribution in [0.1, 0.15) is 12.8 Å². The number of aromatic nitrogens is 2. The van der Waals surface area contributed by atoms with Crippen molar-refractivity contribution in [3.63, 3.8) is 0 Å². The van der Waals surface area contributed by atoms with Crippen molar-refractivity contribution in [2.45, 2.75) is 18.9 Å². The lowest BCUT2D eigenvalue weighted by molar-refractivity contribution is 0.0262. The summed E-state index contributed by atoms with van der Waals surface area (Å²) in [7, 11) is 2.16. The third kappa shape index (κ3) is 4.86. The van der Waals surface area contributed by atoms with Crippen LogP contribution in [-0.2, 0) is 4.74 Å². The molecular formula is C20H28N4O3. The van der Waals surface area contributed by atoms with Crippen molar-refractivity contribution in [2.75, 3.05) is 59.6 Å². The number of ether oxygens (including phenoxy) is 3. The van der Waals surface area contributed by atoms with E-state index in [1.54, 1.807) is 0 Å². The SMILES string of the molecule is CN1CCN(CCOc2ncc3c(OC4CCOCC4)cccc3n2)CC1. The van der Waals surface area contributed by atoms with Crippen molar-refractivity contribution in [2.24, 2.45) is 0 Å². The van der Waals surface area contributed by atoms with Gasteiger partial charge in [0.2, 0.25) is 0 Å². The van der Waals surface area contributed by atoms with Crippen LogP contribution in [0.25, 0.3) is 10.9 Å². The predicted octanol–water partition coefficient (Wildman–Crippen LogP) is 1.81. The fourth-order valence-electron chi connectivity index (χ4n) is 3.49. The van der Waals surface area contributed by atoms with Gasteiger partial charge in [-0.3, -0.25) is 4.90 Å². The Morgan fingerprint density at radius 1 is 1.15 bits per heavy atom. The van der Waals surface area contributed by atoms with Gasteiger partial charge in [-0.15, -0.1) is 0 Å². The molecule has 27 heavy (non-hydrogen) atoms. The monoisotopic (exact) mass is 372 g/mol. The fourth-order valence-corrected chi connectivity index (χ4v) is 3.49. The van der Waals surface area contributed by atoms with Gasteiger partial charge in [0.15, 0.2) is 0 Å². The molecule has 0 spiro atoms. The van der Waals surface area contributed by atoms with Crippen molar-refractivity contribution < 1.29 is 14.2 Å². The van der Waals surface area contributed by atoms with Crippen LogP contribution < -0.4 is 9.47 Å². The van der Waals surface area contributed by atoms with Gasteiger partial charge >= 0.3 is 6.01 Å². The normalized spacial score (nSPS) is 20.0. The smallest absolute Gasteiger partial charge is 0.316 e. The molecule has 0 saturated carbocycles. The Morgan fingerprint density at radius 2 is 1.96 bits per heavy atom. The number of rotatable bonds is 6. The summed E-state index contributed by atoms with van der Waals surface area (Å²) in [6.45, 7) is 7.44. The number of nitrogens with zero attached hydrogens (tertiary/aromatic N) is 4. The van der Waals surface area contributed by atoms with Crippen LogP contribution >= 0.6 is 0 Å². The third-order valence-corrected chi connectivity index (χ3v) is 5.26. The molecule has 0 atom stereocenters. The molecule has 146 valence electrons. The first-order valence-corrected chi connectivity index (χ1v) is 9.82. The predicted molar refractivity (Wildman–Crippen MR) is 103 cm³/mol. The second kappa shape index (κ2) is 8.82. The standard InChI is InChI=1S/C20H28N4O3/c1-23-7-9-24(10-8-23)11-14-26-20-21-15-17-18(22-20)3-2-4-19(17)27-16-5-12-25-13-6-16/h2-4,15-16H,5-14H2,1H3. The van der Waals surface area contributed by atoms with Crippen LogP contribution in [0.5, 0.6) is 11.8 Å². The summed E-state index contributed by atoms with van der Waals surface area (Å²) in [5.74, 6) is 0.836. The molecule has 0 amide bonds. The molecule has 0 aliphatic carbocycles. The van der Waals surface area contributed by atoms with E-state index in [4.69, 9.17) is 14.2 Å². The van der Waals surface area contributed by atoms with E-state index >= 15 is 0 Å². The highest BCUT2D eigenvalue weighted by molar-refractivity contribution is 5.84. The quantitative estimate of drug-likeness (QED) is 0.766. The van der Waals surface area contributed by atoms with E-state index in [1.165, 1.54) is 0 Å². The number of benzene rings is 1. The summed E-state index contributed by atoms with van der Waals surface area (Å²) < 4.78 is 17.4. The second-order valence-corrected chi connectivity index (χ2v) is 7.26. The fraction of sp³-hybridized carbons (Fsp3) is 0.600. The van der Waals surface area contributed by atoms with E-state index < -0.39 is 0 Å². The maximum atomic E-state index is 6.17. The Balaban J connectivity index is 1.36. The van der Waals surface area contributed by atoms with Gasteiger partial charge in [-0.1, -0.05) is 6.07 Å². The first kappa shape index (κ1) is 18.4. The van der Waals surface area contributed by atoms with Crippen molar-refractivity contribution in [1.29, 1.82) is 0 Å². The summed E-state index contributed by atoms with van der Waals surface area (Å²) >= 11 is 0. The number of hydrogen-bond acceptors (Lipinski definition) is 7. The Bertz CT molecular complexity index is 743. The number of piperazine rings is 1. The maximum absolute atomic E-state index is 6.17. The van der Waals surface area contributed by atoms with Crippen LogP contribution in [0, 0.1) is 0 Å². The Labute approximate surface area is 160 Å². The summed E-state index contributed by atoms with van der Waals surface area (Å²) in [6.07, 6.45) is 3.85. The maximum Gasteiger partial charge on any atom is 0.316 e. The molecule has 0 unspecified atom stereocenters. The van der Waals surface area contributed by atoms with Crippen LogP contribution in [0.15, 0.2) is 24.4 Å². The van der Waals surface area contributed by atoms with Crippen molar-refractivity contribution in [3.05, 3.63) is 24.4 Å². The van der Waals surface area contributed by atoms with Gasteiger partial charge in [-0.25, -0.2) is 4.98 Å². The topological polar surface area (TPSA) is 60.0 Å². The molecule has 4 rings (SSSR count). The summed E-state index contributed by atoms with van der Waals surface area (Å²) in [4.78, 5) is 13.7. The van der Waals surface area contributed by atoms with Crippen LogP contribution in [0.4, 0.5) is 0 Å². The van der Waals surface area contributed by atoms with Gasteiger partial charge in [0.25, 0.3) is 0 Å². The minimum absolute atomic E-state index is 0.198. The average Bonchev–Trinajstić information content (AvgIpc) is 2.70. The second-order valence-electron chi connectivity index (χ2n) is 7.26. The van der Waals surface area contributed by atoms with Crippen molar-refractivity contribution in [3.8, 4) is 11.8 Å². The molecule has 7 nitrogen and oxygen atoms in total. The minimum atomic E-state index is 0.198. The highest BCUT2D eigenvalue weighted by Gasteiger charge is 2.17. The van der Waals surface area contributed by atoms with Gasteiger partial charge in [0, 0.05) is 51.8 Å². The molecule has 7 heteroatoms. The van der Waals surface area contributed by atoms with Crippen molar-refractivity contribution in [1.82, 2.24) is 19.8 Å². The van der Waals surface area contributed by atoms with E-state index in [-0.39, 0.29) is 6.10 Å². The van der Waals surface area contributed by atoms with Crippen LogP contribution in [0.3, 0.4) is 0 Å². The zero-order chi connectivity index (χ0) is 18.5. The molecule has 0 bridgehead atoms. The summed E-state index contributed by atoms with van der Waals surface area (Å²) in [6, 6.07) is 6.36. The molecule has 2 aromatic rings. The highest BCUT2D eigenvalue weighted by Crippen LogP contribution is 2.27. The van der Waals surface area contributed by atoms with Gasteiger partial charge in [0.1, 0.15) is 18.5 Å². The van der Waals surface area contributed by atoms with Crippen LogP contribution in [-0.4, -0.2) is 85.5 Å². The molecule has 2 fully saturated rings. The van der Waals surface area contributed by atoms with Gasteiger partial charge in [0.05, 0.1) is 24.1 Å². The van der Waals surface area contributed by atoms with E-state index in [0.29, 0.717) is 12.6 Å². The molecule has 1 aromatic heterocycles. The first-order valence-electron chi connectivity index (χ1n) is 9.82. The van der Waals surface area contributed by atoms with E-state index in [0.717, 1.165) is 75.4 Å². The Hall–Kier alpha value is -1.96. The van der Waals surface area contributed by atoms with Gasteiger partial charge in [-0.2, -0.15) is 4.98 Å². The number of fused-ring (bicyclic) bond motifs is 1. The largest absolute Gasteiger partial charge is 0.489 e. The summed E-state index contributed by atoms with van der Waals surface area (Å²) in [5, 5.41) is 0.926. The minimum Gasteiger partial charge on any atom is -0.489 e. The number of likely N-dealkylation sites (N-methyl/N-ethyl adjacent to an activating group) is 1. The highest BCUT2D eigenvalue weighted by atomic mass is 16.5. The third-order valence-electron chi connectivity index (χ3n) is 5.26. The van der Waals surface area contributed by atoms with E-state index in [1.807, 2.05) is 24.4 Å². The Kier molecular flexibility index (Phi) is 6.01. The summed E-state index contributed by atoms with van der Waals surface area (Å²) in [5.41, 5.74) is 0.851. The molecule has 2 aliphatic rings. The van der Waals surface area contributed by atoms with E-state index in [9.17, 15) is 0 Å².